The summed E-state index contributed by atoms with van der Waals surface area (Å²) in [6.07, 6.45) is 18.5. The van der Waals surface area contributed by atoms with Gasteiger partial charge in [0, 0.05) is 5.69 Å². The monoisotopic (exact) mass is 402 g/mol. The molecule has 29 heavy (non-hydrogen) atoms. The summed E-state index contributed by atoms with van der Waals surface area (Å²) in [5.74, 6) is 0. The highest BCUT2D eigenvalue weighted by molar-refractivity contribution is 5.80. The summed E-state index contributed by atoms with van der Waals surface area (Å²) in [6.45, 7) is 2.79. The van der Waals surface area contributed by atoms with Gasteiger partial charge < -0.3 is 14.9 Å². The Morgan fingerprint density at radius 1 is 0.862 bits per heavy atom. The van der Waals surface area contributed by atoms with Gasteiger partial charge in [0.1, 0.15) is 0 Å². The second-order valence-electron chi connectivity index (χ2n) is 7.99. The van der Waals surface area contributed by atoms with E-state index in [-0.39, 0.29) is 6.08 Å². The lowest BCUT2D eigenvalue weighted by atomic mass is 10.0. The average Bonchev–Trinajstić information content (AvgIpc) is 2.71. The number of hydrogen-bond acceptors (Lipinski definition) is 5. The van der Waals surface area contributed by atoms with E-state index in [0.717, 1.165) is 12.8 Å². The standard InChI is InChI=1S/C24H38N2O3/c1-2-3-4-5-6-7-8-9-10-11-12-13-14-15-18-28-24-26-22-17-16-20(25)19-21(22)23(27)29-24/h16-17,19H,2-15,18,25H2,1H3. The lowest BCUT2D eigenvalue weighted by Crippen LogP contribution is -2.06. The first-order valence-electron chi connectivity index (χ1n) is 11.5. The SMILES string of the molecule is CCCCCCCCCCCCCCCCOc1nc2ccc(N)cc2c(=O)o1. The van der Waals surface area contributed by atoms with Crippen LogP contribution in [0.15, 0.2) is 27.4 Å². The van der Waals surface area contributed by atoms with E-state index < -0.39 is 5.63 Å². The maximum absolute atomic E-state index is 12.0. The molecule has 2 aromatic rings. The third-order valence-electron chi connectivity index (χ3n) is 5.36. The maximum atomic E-state index is 12.0. The van der Waals surface area contributed by atoms with Crippen molar-refractivity contribution in [3.05, 3.63) is 28.6 Å². The van der Waals surface area contributed by atoms with E-state index in [2.05, 4.69) is 11.9 Å². The molecule has 0 aliphatic carbocycles. The van der Waals surface area contributed by atoms with E-state index in [1.54, 1.807) is 18.2 Å². The van der Waals surface area contributed by atoms with Crippen LogP contribution >= 0.6 is 0 Å². The number of nitrogens with two attached hydrogens (primary N) is 1. The molecule has 0 atom stereocenters. The van der Waals surface area contributed by atoms with Crippen molar-refractivity contribution in [3.8, 4) is 6.08 Å². The van der Waals surface area contributed by atoms with E-state index in [1.165, 1.54) is 77.0 Å². The molecule has 0 saturated heterocycles. The Bertz CT molecular complexity index is 757. The van der Waals surface area contributed by atoms with Crippen molar-refractivity contribution >= 4 is 16.6 Å². The number of rotatable bonds is 16. The molecule has 162 valence electrons. The Balaban J connectivity index is 1.46. The van der Waals surface area contributed by atoms with Crippen molar-refractivity contribution in [3.63, 3.8) is 0 Å². The molecule has 5 heteroatoms. The maximum Gasteiger partial charge on any atom is 0.397 e. The van der Waals surface area contributed by atoms with Gasteiger partial charge in [-0.2, -0.15) is 4.98 Å². The minimum atomic E-state index is -0.460. The van der Waals surface area contributed by atoms with E-state index in [9.17, 15) is 4.79 Å². The lowest BCUT2D eigenvalue weighted by Gasteiger charge is -2.05. The van der Waals surface area contributed by atoms with Crippen molar-refractivity contribution in [2.24, 2.45) is 0 Å². The van der Waals surface area contributed by atoms with Crippen LogP contribution in [0.4, 0.5) is 5.69 Å². The van der Waals surface area contributed by atoms with Gasteiger partial charge in [0.05, 0.1) is 17.5 Å². The Labute approximate surface area is 175 Å². The van der Waals surface area contributed by atoms with Crippen LogP contribution in [0.2, 0.25) is 0 Å². The van der Waals surface area contributed by atoms with E-state index >= 15 is 0 Å². The lowest BCUT2D eigenvalue weighted by molar-refractivity contribution is 0.211. The first-order valence-corrected chi connectivity index (χ1v) is 11.5. The molecule has 0 fully saturated rings. The molecule has 0 bridgehead atoms. The molecule has 5 nitrogen and oxygen atoms in total. The molecule has 1 aromatic carbocycles. The first-order chi connectivity index (χ1) is 14.2. The summed E-state index contributed by atoms with van der Waals surface area (Å²) in [4.78, 5) is 16.2. The molecule has 1 heterocycles. The van der Waals surface area contributed by atoms with Crippen LogP contribution in [-0.2, 0) is 0 Å². The predicted octanol–water partition coefficient (Wildman–Crippen LogP) is 6.63. The topological polar surface area (TPSA) is 78.4 Å². The number of nitrogen functional groups attached to an aromatic ring is 1. The zero-order chi connectivity index (χ0) is 20.7. The number of hydrogen-bond donors (Lipinski definition) is 1. The number of benzene rings is 1. The number of fused-ring (bicyclic) bond motifs is 1. The predicted molar refractivity (Wildman–Crippen MR) is 120 cm³/mol. The van der Waals surface area contributed by atoms with Crippen molar-refractivity contribution < 1.29 is 9.15 Å². The Hall–Kier alpha value is -2.04. The molecule has 0 amide bonds. The van der Waals surface area contributed by atoms with Gasteiger partial charge >= 0.3 is 11.7 Å². The quantitative estimate of drug-likeness (QED) is 0.252. The zero-order valence-corrected chi connectivity index (χ0v) is 18.1. The normalized spacial score (nSPS) is 11.2. The van der Waals surface area contributed by atoms with Crippen LogP contribution in [0.1, 0.15) is 96.8 Å². The number of ether oxygens (including phenoxy) is 1. The molecular weight excluding hydrogens is 364 g/mol. The molecule has 0 saturated carbocycles. The van der Waals surface area contributed by atoms with Gasteiger partial charge in [-0.05, 0) is 24.6 Å². The third-order valence-corrected chi connectivity index (χ3v) is 5.36. The molecule has 2 rings (SSSR count). The van der Waals surface area contributed by atoms with Crippen molar-refractivity contribution in [1.82, 2.24) is 4.98 Å². The number of nitrogens with zero attached hydrogens (tertiary/aromatic N) is 1. The summed E-state index contributed by atoms with van der Waals surface area (Å²) in [5.41, 5.74) is 6.29. The molecule has 0 spiro atoms. The van der Waals surface area contributed by atoms with Crippen molar-refractivity contribution in [1.29, 1.82) is 0 Å². The summed E-state index contributed by atoms with van der Waals surface area (Å²) in [6, 6.07) is 5.00. The molecule has 1 aromatic heterocycles. The number of aromatic nitrogens is 1. The Morgan fingerprint density at radius 2 is 1.41 bits per heavy atom. The van der Waals surface area contributed by atoms with Crippen LogP contribution in [0.5, 0.6) is 6.08 Å². The van der Waals surface area contributed by atoms with Gasteiger partial charge in [-0.1, -0.05) is 90.4 Å². The van der Waals surface area contributed by atoms with Gasteiger partial charge in [0.2, 0.25) is 0 Å². The van der Waals surface area contributed by atoms with Crippen molar-refractivity contribution in [2.75, 3.05) is 12.3 Å². The minimum Gasteiger partial charge on any atom is -0.450 e. The van der Waals surface area contributed by atoms with E-state index in [0.29, 0.717) is 23.2 Å². The Morgan fingerprint density at radius 3 is 2.00 bits per heavy atom. The smallest absolute Gasteiger partial charge is 0.397 e. The second kappa shape index (κ2) is 14.0. The van der Waals surface area contributed by atoms with Gasteiger partial charge in [-0.25, -0.2) is 4.79 Å². The molecule has 0 aliphatic heterocycles. The van der Waals surface area contributed by atoms with Gasteiger partial charge in [-0.15, -0.1) is 0 Å². The number of unbranched alkanes of at least 4 members (excludes halogenated alkanes) is 13. The van der Waals surface area contributed by atoms with E-state index in [1.807, 2.05) is 0 Å². The molecular formula is C24H38N2O3. The Kier molecular flexibility index (Phi) is 11.2. The van der Waals surface area contributed by atoms with Crippen molar-refractivity contribution in [2.45, 2.75) is 96.8 Å². The first kappa shape index (κ1) is 23.2. The zero-order valence-electron chi connectivity index (χ0n) is 18.1. The summed E-state index contributed by atoms with van der Waals surface area (Å²) >= 11 is 0. The fourth-order valence-electron chi connectivity index (χ4n) is 3.59. The van der Waals surface area contributed by atoms with Gasteiger partial charge in [0.25, 0.3) is 0 Å². The van der Waals surface area contributed by atoms with Crippen LogP contribution in [0, 0.1) is 0 Å². The highest BCUT2D eigenvalue weighted by Gasteiger charge is 2.07. The van der Waals surface area contributed by atoms with Crippen LogP contribution in [0.3, 0.4) is 0 Å². The largest absolute Gasteiger partial charge is 0.450 e. The fourth-order valence-corrected chi connectivity index (χ4v) is 3.59. The molecule has 0 aliphatic rings. The highest BCUT2D eigenvalue weighted by Crippen LogP contribution is 2.16. The second-order valence-corrected chi connectivity index (χ2v) is 7.99. The molecule has 2 N–H and O–H groups in total. The molecule has 0 unspecified atom stereocenters. The fraction of sp³-hybridized carbons (Fsp3) is 0.667. The number of anilines is 1. The van der Waals surface area contributed by atoms with Gasteiger partial charge in [-0.3, -0.25) is 0 Å². The van der Waals surface area contributed by atoms with Crippen LogP contribution < -0.4 is 16.1 Å². The average molecular weight is 403 g/mol. The summed E-state index contributed by atoms with van der Waals surface area (Å²) < 4.78 is 10.6. The van der Waals surface area contributed by atoms with E-state index in [4.69, 9.17) is 14.9 Å². The highest BCUT2D eigenvalue weighted by atomic mass is 16.6. The van der Waals surface area contributed by atoms with Crippen LogP contribution in [0.25, 0.3) is 10.9 Å². The van der Waals surface area contributed by atoms with Gasteiger partial charge in [0.15, 0.2) is 0 Å². The summed E-state index contributed by atoms with van der Waals surface area (Å²) in [7, 11) is 0. The minimum absolute atomic E-state index is 0.0435. The third kappa shape index (κ3) is 9.33. The molecule has 0 radical (unpaired) electrons. The summed E-state index contributed by atoms with van der Waals surface area (Å²) in [5, 5.41) is 0.383. The van der Waals surface area contributed by atoms with Crippen LogP contribution in [-0.4, -0.2) is 11.6 Å².